The largest absolute Gasteiger partial charge is 0.362 e. The van der Waals surface area contributed by atoms with E-state index in [1.54, 1.807) is 0 Å². The van der Waals surface area contributed by atoms with Crippen LogP contribution in [0, 0.1) is 0 Å². The van der Waals surface area contributed by atoms with Crippen molar-refractivity contribution < 1.29 is 4.74 Å². The number of ether oxygens (including phenoxy) is 1. The van der Waals surface area contributed by atoms with E-state index < -0.39 is 0 Å². The Morgan fingerprint density at radius 1 is 1.23 bits per heavy atom. The Morgan fingerprint density at radius 3 is 2.95 bits per heavy atom. The van der Waals surface area contributed by atoms with Crippen LogP contribution in [0.3, 0.4) is 0 Å². The molecule has 1 saturated heterocycles. The third kappa shape index (κ3) is 2.62. The quantitative estimate of drug-likeness (QED) is 0.831. The monoisotopic (exact) mass is 313 g/mol. The summed E-state index contributed by atoms with van der Waals surface area (Å²) in [5.41, 5.74) is 4.40. The predicted molar refractivity (Wildman–Crippen MR) is 91.5 cm³/mol. The van der Waals surface area contributed by atoms with Crippen molar-refractivity contribution in [2.75, 3.05) is 20.2 Å². The Morgan fingerprint density at radius 2 is 2.14 bits per heavy atom. The van der Waals surface area contributed by atoms with Crippen LogP contribution in [0.15, 0.2) is 35.7 Å². The molecule has 2 aromatic rings. The number of hydrogen-bond donors (Lipinski definition) is 0. The highest BCUT2D eigenvalue weighted by Gasteiger charge is 2.30. The lowest BCUT2D eigenvalue weighted by molar-refractivity contribution is -0.0223. The molecule has 1 aliphatic heterocycles. The molecule has 2 unspecified atom stereocenters. The van der Waals surface area contributed by atoms with Gasteiger partial charge in [0.25, 0.3) is 0 Å². The number of fused-ring (bicyclic) bond motifs is 1. The smallest absolute Gasteiger partial charge is 0.136 e. The second-order valence-corrected chi connectivity index (χ2v) is 7.44. The zero-order chi connectivity index (χ0) is 14.9. The first-order chi connectivity index (χ1) is 10.8. The Bertz CT molecular complexity index is 637. The molecule has 116 valence electrons. The van der Waals surface area contributed by atoms with Gasteiger partial charge in [-0.1, -0.05) is 24.3 Å². The molecule has 2 nitrogen and oxygen atoms in total. The standard InChI is InChI=1S/C19H23NOS/c1-21-19(16-8-7-14-4-2-5-15(14)12-16)20-10-9-17(13-20)18-6-3-11-22-18/h3,6-8,11-12,17,19H,2,4-5,9-10,13H2,1H3. The zero-order valence-corrected chi connectivity index (χ0v) is 13.9. The lowest BCUT2D eigenvalue weighted by Crippen LogP contribution is -2.27. The lowest BCUT2D eigenvalue weighted by atomic mass is 10.0. The number of nitrogens with zero attached hydrogens (tertiary/aromatic N) is 1. The third-order valence-electron chi connectivity index (χ3n) is 5.13. The van der Waals surface area contributed by atoms with Crippen molar-refractivity contribution in [1.82, 2.24) is 4.90 Å². The molecule has 1 fully saturated rings. The molecule has 2 atom stereocenters. The summed E-state index contributed by atoms with van der Waals surface area (Å²) in [5.74, 6) is 0.673. The van der Waals surface area contributed by atoms with Crippen molar-refractivity contribution in [1.29, 1.82) is 0 Å². The Hall–Kier alpha value is -1.16. The summed E-state index contributed by atoms with van der Waals surface area (Å²) < 4.78 is 5.88. The van der Waals surface area contributed by atoms with Crippen molar-refractivity contribution in [2.45, 2.75) is 37.8 Å². The van der Waals surface area contributed by atoms with Crippen molar-refractivity contribution in [3.63, 3.8) is 0 Å². The second kappa shape index (κ2) is 6.15. The number of methoxy groups -OCH3 is 1. The summed E-state index contributed by atoms with van der Waals surface area (Å²) in [5, 5.41) is 2.19. The minimum absolute atomic E-state index is 0.107. The molecule has 22 heavy (non-hydrogen) atoms. The van der Waals surface area contributed by atoms with E-state index in [0.717, 1.165) is 13.1 Å². The molecule has 1 aliphatic carbocycles. The van der Waals surface area contributed by atoms with E-state index in [1.165, 1.54) is 47.3 Å². The molecule has 1 aromatic heterocycles. The van der Waals surface area contributed by atoms with E-state index in [9.17, 15) is 0 Å². The van der Waals surface area contributed by atoms with E-state index in [2.05, 4.69) is 40.6 Å². The van der Waals surface area contributed by atoms with Crippen LogP contribution in [-0.4, -0.2) is 25.1 Å². The molecular formula is C19H23NOS. The van der Waals surface area contributed by atoms with Gasteiger partial charge in [-0.05, 0) is 53.8 Å². The average molecular weight is 313 g/mol. The Labute approximate surface area is 136 Å². The minimum atomic E-state index is 0.107. The fourth-order valence-electron chi connectivity index (χ4n) is 4.00. The third-order valence-corrected chi connectivity index (χ3v) is 6.16. The number of rotatable bonds is 4. The second-order valence-electron chi connectivity index (χ2n) is 6.47. The van der Waals surface area contributed by atoms with Gasteiger partial charge < -0.3 is 4.74 Å². The van der Waals surface area contributed by atoms with Gasteiger partial charge in [0.2, 0.25) is 0 Å². The van der Waals surface area contributed by atoms with Gasteiger partial charge in [0.05, 0.1) is 0 Å². The van der Waals surface area contributed by atoms with Gasteiger partial charge in [0.1, 0.15) is 6.23 Å². The van der Waals surface area contributed by atoms with Crippen LogP contribution in [0.1, 0.15) is 46.6 Å². The van der Waals surface area contributed by atoms with Crippen LogP contribution in [0.5, 0.6) is 0 Å². The van der Waals surface area contributed by atoms with E-state index in [1.807, 2.05) is 18.4 Å². The number of hydrogen-bond acceptors (Lipinski definition) is 3. The average Bonchev–Trinajstić information content (AvgIpc) is 3.28. The summed E-state index contributed by atoms with van der Waals surface area (Å²) >= 11 is 1.89. The van der Waals surface area contributed by atoms with Gasteiger partial charge in [-0.25, -0.2) is 0 Å². The summed E-state index contributed by atoms with van der Waals surface area (Å²) in [6, 6.07) is 11.4. The number of aryl methyl sites for hydroxylation is 2. The van der Waals surface area contributed by atoms with Gasteiger partial charge in [-0.3, -0.25) is 4.90 Å². The maximum atomic E-state index is 5.88. The Balaban J connectivity index is 1.53. The fourth-order valence-corrected chi connectivity index (χ4v) is 4.85. The highest BCUT2D eigenvalue weighted by atomic mass is 32.1. The van der Waals surface area contributed by atoms with E-state index in [-0.39, 0.29) is 6.23 Å². The number of thiophene rings is 1. The summed E-state index contributed by atoms with van der Waals surface area (Å²) in [4.78, 5) is 4.02. The van der Waals surface area contributed by atoms with Crippen molar-refractivity contribution in [3.8, 4) is 0 Å². The Kier molecular flexibility index (Phi) is 4.03. The first-order valence-corrected chi connectivity index (χ1v) is 9.15. The van der Waals surface area contributed by atoms with Crippen LogP contribution < -0.4 is 0 Å². The number of likely N-dealkylation sites (tertiary alicyclic amines) is 1. The minimum Gasteiger partial charge on any atom is -0.362 e. The first-order valence-electron chi connectivity index (χ1n) is 8.27. The maximum absolute atomic E-state index is 5.88. The van der Waals surface area contributed by atoms with E-state index in [4.69, 9.17) is 4.74 Å². The van der Waals surface area contributed by atoms with Crippen molar-refractivity contribution in [2.24, 2.45) is 0 Å². The molecule has 2 heterocycles. The highest BCUT2D eigenvalue weighted by Crippen LogP contribution is 2.36. The van der Waals surface area contributed by atoms with E-state index in [0.29, 0.717) is 5.92 Å². The van der Waals surface area contributed by atoms with Gasteiger partial charge in [-0.2, -0.15) is 0 Å². The summed E-state index contributed by atoms with van der Waals surface area (Å²) in [6.07, 6.45) is 5.14. The lowest BCUT2D eigenvalue weighted by Gasteiger charge is -2.27. The first kappa shape index (κ1) is 14.4. The molecule has 0 spiro atoms. The van der Waals surface area contributed by atoms with Gasteiger partial charge in [0.15, 0.2) is 0 Å². The van der Waals surface area contributed by atoms with Crippen molar-refractivity contribution in [3.05, 3.63) is 57.3 Å². The SMILES string of the molecule is COC(c1ccc2c(c1)CCC2)N1CCC(c2cccs2)C1. The molecule has 0 amide bonds. The zero-order valence-electron chi connectivity index (χ0n) is 13.1. The molecule has 0 radical (unpaired) electrons. The van der Waals surface area contributed by atoms with Gasteiger partial charge in [-0.15, -0.1) is 11.3 Å². The van der Waals surface area contributed by atoms with Gasteiger partial charge in [0, 0.05) is 31.0 Å². The molecule has 0 N–H and O–H groups in total. The molecule has 4 rings (SSSR count). The van der Waals surface area contributed by atoms with Crippen LogP contribution in [0.2, 0.25) is 0 Å². The molecule has 2 aliphatic rings. The predicted octanol–water partition coefficient (Wildman–Crippen LogP) is 4.37. The number of benzene rings is 1. The normalized spacial score (nSPS) is 22.9. The highest BCUT2D eigenvalue weighted by molar-refractivity contribution is 7.10. The molecule has 0 saturated carbocycles. The van der Waals surface area contributed by atoms with Crippen molar-refractivity contribution >= 4 is 11.3 Å². The topological polar surface area (TPSA) is 12.5 Å². The van der Waals surface area contributed by atoms with Crippen LogP contribution in [0.4, 0.5) is 0 Å². The fraction of sp³-hybridized carbons (Fsp3) is 0.474. The van der Waals surface area contributed by atoms with Gasteiger partial charge >= 0.3 is 0 Å². The van der Waals surface area contributed by atoms with Crippen LogP contribution in [0.25, 0.3) is 0 Å². The molecule has 0 bridgehead atoms. The summed E-state index contributed by atoms with van der Waals surface area (Å²) in [7, 11) is 1.84. The molecular weight excluding hydrogens is 290 g/mol. The summed E-state index contributed by atoms with van der Waals surface area (Å²) in [6.45, 7) is 2.23. The van der Waals surface area contributed by atoms with Crippen LogP contribution in [-0.2, 0) is 17.6 Å². The maximum Gasteiger partial charge on any atom is 0.136 e. The molecule has 1 aromatic carbocycles. The van der Waals surface area contributed by atoms with E-state index >= 15 is 0 Å². The molecule has 3 heteroatoms. The van der Waals surface area contributed by atoms with Crippen LogP contribution >= 0.6 is 11.3 Å².